The van der Waals surface area contributed by atoms with E-state index in [1.807, 2.05) is 0 Å². The zero-order chi connectivity index (χ0) is 21.5. The van der Waals surface area contributed by atoms with E-state index in [9.17, 15) is 9.90 Å². The molecule has 0 bridgehead atoms. The third-order valence-corrected chi connectivity index (χ3v) is 10.5. The number of aldehydes is 1. The summed E-state index contributed by atoms with van der Waals surface area (Å²) in [5.74, 6) is 4.94. The van der Waals surface area contributed by atoms with Crippen molar-refractivity contribution in [2.45, 2.75) is 98.3 Å². The van der Waals surface area contributed by atoms with Gasteiger partial charge in [0.2, 0.25) is 0 Å². The van der Waals surface area contributed by atoms with Gasteiger partial charge in [-0.15, -0.1) is 0 Å². The summed E-state index contributed by atoms with van der Waals surface area (Å²) in [6.45, 7) is 10.2. The summed E-state index contributed by atoms with van der Waals surface area (Å²) in [6, 6.07) is 0. The summed E-state index contributed by atoms with van der Waals surface area (Å²) in [7, 11) is 0. The number of rotatable bonds is 7. The van der Waals surface area contributed by atoms with Crippen LogP contribution in [0.15, 0.2) is 11.6 Å². The van der Waals surface area contributed by atoms with E-state index in [1.165, 1.54) is 56.9 Å². The summed E-state index contributed by atoms with van der Waals surface area (Å²) in [6.07, 6.45) is 17.4. The normalized spacial score (nSPS) is 44.1. The van der Waals surface area contributed by atoms with Gasteiger partial charge in [0, 0.05) is 11.3 Å². The van der Waals surface area contributed by atoms with Gasteiger partial charge in [-0.05, 0) is 92.3 Å². The SMILES string of the molecule is CC(C)CCC[C@@H](C)[C@H]1CC[C@H]2[C@@H]3CCC4=CC(C=O)CC[C@]4(CO)[C@H]3CC[C@]12C. The van der Waals surface area contributed by atoms with Gasteiger partial charge < -0.3 is 9.90 Å². The molecule has 2 nitrogen and oxygen atoms in total. The van der Waals surface area contributed by atoms with E-state index in [4.69, 9.17) is 0 Å². The highest BCUT2D eigenvalue weighted by Gasteiger charge is 2.60. The number of aliphatic hydroxyl groups is 1. The van der Waals surface area contributed by atoms with E-state index in [-0.39, 0.29) is 11.3 Å². The zero-order valence-corrected chi connectivity index (χ0v) is 20.0. The second-order valence-electron chi connectivity index (χ2n) is 12.3. The molecular formula is C28H46O2. The van der Waals surface area contributed by atoms with Gasteiger partial charge in [0.1, 0.15) is 6.29 Å². The molecule has 4 aliphatic carbocycles. The Kier molecular flexibility index (Phi) is 6.56. The Morgan fingerprint density at radius 2 is 1.87 bits per heavy atom. The van der Waals surface area contributed by atoms with Crippen molar-refractivity contribution in [3.8, 4) is 0 Å². The maximum Gasteiger partial charge on any atom is 0.126 e. The van der Waals surface area contributed by atoms with Gasteiger partial charge in [-0.1, -0.05) is 58.6 Å². The molecule has 0 aromatic rings. The van der Waals surface area contributed by atoms with E-state index in [2.05, 4.69) is 33.8 Å². The Hall–Kier alpha value is -0.630. The first-order chi connectivity index (χ1) is 14.4. The first-order valence-electron chi connectivity index (χ1n) is 13.1. The van der Waals surface area contributed by atoms with Crippen LogP contribution in [0.25, 0.3) is 0 Å². The molecule has 0 aromatic carbocycles. The molecule has 8 atom stereocenters. The number of hydrogen-bond acceptors (Lipinski definition) is 2. The molecule has 3 fully saturated rings. The average Bonchev–Trinajstić information content (AvgIpc) is 3.09. The number of carbonyl (C=O) groups excluding carboxylic acids is 1. The Balaban J connectivity index is 1.51. The quantitative estimate of drug-likeness (QED) is 0.367. The fourth-order valence-electron chi connectivity index (χ4n) is 8.98. The Bertz CT molecular complexity index is 651. The number of aliphatic hydroxyl groups excluding tert-OH is 1. The van der Waals surface area contributed by atoms with Crippen molar-refractivity contribution in [3.63, 3.8) is 0 Å². The highest BCUT2D eigenvalue weighted by molar-refractivity contribution is 5.58. The fraction of sp³-hybridized carbons (Fsp3) is 0.893. The maximum absolute atomic E-state index is 11.4. The van der Waals surface area contributed by atoms with Gasteiger partial charge in [-0.2, -0.15) is 0 Å². The number of hydrogen-bond donors (Lipinski definition) is 1. The molecule has 0 amide bonds. The van der Waals surface area contributed by atoms with Crippen molar-refractivity contribution >= 4 is 6.29 Å². The molecule has 0 aliphatic heterocycles. The lowest BCUT2D eigenvalue weighted by Crippen LogP contribution is -2.53. The molecule has 170 valence electrons. The topological polar surface area (TPSA) is 37.3 Å². The highest BCUT2D eigenvalue weighted by atomic mass is 16.3. The number of allylic oxidation sites excluding steroid dienone is 1. The van der Waals surface area contributed by atoms with Crippen LogP contribution in [0, 0.1) is 52.3 Å². The molecule has 1 N–H and O–H groups in total. The molecule has 0 heterocycles. The Morgan fingerprint density at radius 1 is 1.07 bits per heavy atom. The monoisotopic (exact) mass is 414 g/mol. The molecule has 0 radical (unpaired) electrons. The summed E-state index contributed by atoms with van der Waals surface area (Å²) >= 11 is 0. The van der Waals surface area contributed by atoms with Crippen LogP contribution in [0.3, 0.4) is 0 Å². The highest BCUT2D eigenvalue weighted by Crippen LogP contribution is 2.67. The van der Waals surface area contributed by atoms with E-state index in [0.29, 0.717) is 17.9 Å². The smallest absolute Gasteiger partial charge is 0.126 e. The number of carbonyl (C=O) groups is 1. The summed E-state index contributed by atoms with van der Waals surface area (Å²) in [4.78, 5) is 11.4. The first-order valence-corrected chi connectivity index (χ1v) is 13.1. The number of fused-ring (bicyclic) bond motifs is 5. The summed E-state index contributed by atoms with van der Waals surface area (Å²) in [5.41, 5.74) is 1.94. The van der Waals surface area contributed by atoms with Gasteiger partial charge in [0.25, 0.3) is 0 Å². The van der Waals surface area contributed by atoms with Crippen molar-refractivity contribution in [1.29, 1.82) is 0 Å². The molecule has 2 heteroatoms. The van der Waals surface area contributed by atoms with E-state index in [1.54, 1.807) is 0 Å². The maximum atomic E-state index is 11.4. The zero-order valence-electron chi connectivity index (χ0n) is 20.0. The van der Waals surface area contributed by atoms with Crippen LogP contribution in [0.2, 0.25) is 0 Å². The minimum Gasteiger partial charge on any atom is -0.395 e. The van der Waals surface area contributed by atoms with Crippen molar-refractivity contribution in [1.82, 2.24) is 0 Å². The largest absolute Gasteiger partial charge is 0.395 e. The van der Waals surface area contributed by atoms with Gasteiger partial charge >= 0.3 is 0 Å². The molecular weight excluding hydrogens is 368 g/mol. The van der Waals surface area contributed by atoms with Crippen LogP contribution >= 0.6 is 0 Å². The predicted molar refractivity (Wildman–Crippen MR) is 124 cm³/mol. The second-order valence-corrected chi connectivity index (χ2v) is 12.3. The van der Waals surface area contributed by atoms with Crippen LogP contribution in [-0.2, 0) is 4.79 Å². The standard InChI is InChI=1S/C28H46O2/c1-19(2)6-5-7-20(3)24-10-11-25-23-9-8-22-16-21(17-29)12-15-28(22,18-30)26(23)13-14-27(24,25)4/h16-17,19-21,23-26,30H,5-15,18H2,1-4H3/t20-,21?,23+,24-,25+,26+,27-,28-/m1/s1. The van der Waals surface area contributed by atoms with Gasteiger partial charge in [-0.25, -0.2) is 0 Å². The van der Waals surface area contributed by atoms with Crippen LogP contribution < -0.4 is 0 Å². The molecule has 4 aliphatic rings. The molecule has 3 saturated carbocycles. The lowest BCUT2D eigenvalue weighted by molar-refractivity contribution is -0.111. The van der Waals surface area contributed by atoms with E-state index < -0.39 is 0 Å². The van der Waals surface area contributed by atoms with Crippen LogP contribution in [0.4, 0.5) is 0 Å². The van der Waals surface area contributed by atoms with E-state index in [0.717, 1.165) is 55.1 Å². The molecule has 1 unspecified atom stereocenters. The molecule has 30 heavy (non-hydrogen) atoms. The van der Waals surface area contributed by atoms with Crippen molar-refractivity contribution < 1.29 is 9.90 Å². The second kappa shape index (κ2) is 8.72. The molecule has 0 spiro atoms. The minimum absolute atomic E-state index is 0.00920. The third kappa shape index (κ3) is 3.63. The van der Waals surface area contributed by atoms with Crippen molar-refractivity contribution in [2.24, 2.45) is 52.3 Å². The summed E-state index contributed by atoms with van der Waals surface area (Å²) in [5, 5.41) is 10.6. The lowest BCUT2D eigenvalue weighted by Gasteiger charge is -2.59. The Morgan fingerprint density at radius 3 is 2.57 bits per heavy atom. The third-order valence-electron chi connectivity index (χ3n) is 10.5. The Labute approximate surface area is 185 Å². The van der Waals surface area contributed by atoms with Crippen molar-refractivity contribution in [3.05, 3.63) is 11.6 Å². The van der Waals surface area contributed by atoms with Gasteiger partial charge in [-0.3, -0.25) is 0 Å². The first kappa shape index (κ1) is 22.6. The average molecular weight is 415 g/mol. The fourth-order valence-corrected chi connectivity index (χ4v) is 8.98. The van der Waals surface area contributed by atoms with Crippen LogP contribution in [0.1, 0.15) is 98.3 Å². The van der Waals surface area contributed by atoms with Crippen LogP contribution in [0.5, 0.6) is 0 Å². The molecule has 0 aromatic heterocycles. The van der Waals surface area contributed by atoms with Gasteiger partial charge in [0.15, 0.2) is 0 Å². The molecule has 0 saturated heterocycles. The summed E-state index contributed by atoms with van der Waals surface area (Å²) < 4.78 is 0. The predicted octanol–water partition coefficient (Wildman–Crippen LogP) is 6.82. The van der Waals surface area contributed by atoms with E-state index >= 15 is 0 Å². The molecule has 4 rings (SSSR count). The van der Waals surface area contributed by atoms with Crippen LogP contribution in [-0.4, -0.2) is 18.0 Å². The van der Waals surface area contributed by atoms with Gasteiger partial charge in [0.05, 0.1) is 6.61 Å². The minimum atomic E-state index is -0.00920. The lowest BCUT2D eigenvalue weighted by atomic mass is 9.46. The van der Waals surface area contributed by atoms with Crippen molar-refractivity contribution in [2.75, 3.05) is 6.61 Å².